The van der Waals surface area contributed by atoms with Crippen LogP contribution in [0.25, 0.3) is 0 Å². The molecular weight excluding hydrogens is 326 g/mol. The standard InChI is InChI=1S/C17H21N3O3S/c21-17(11-13-5-1-2-6-13)19-14-7-3-8-15(12-14)24(22,23)20-16-9-4-10-18-16/h1,3,5,7-8,12-13H,2,4,6,9-11H2,(H,18,20)(H,19,21). The van der Waals surface area contributed by atoms with Crippen LogP contribution in [0.1, 0.15) is 32.1 Å². The topological polar surface area (TPSA) is 87.6 Å². The number of sulfonamides is 1. The van der Waals surface area contributed by atoms with Crippen LogP contribution in [-0.4, -0.2) is 26.7 Å². The van der Waals surface area contributed by atoms with Crippen LogP contribution in [0.15, 0.2) is 46.3 Å². The number of amidine groups is 1. The van der Waals surface area contributed by atoms with Gasteiger partial charge in [-0.2, -0.15) is 0 Å². The van der Waals surface area contributed by atoms with Crippen molar-refractivity contribution >= 4 is 27.5 Å². The number of nitrogens with one attached hydrogen (secondary N) is 2. The molecule has 128 valence electrons. The molecule has 0 bridgehead atoms. The van der Waals surface area contributed by atoms with Crippen molar-refractivity contribution in [2.24, 2.45) is 10.9 Å². The predicted molar refractivity (Wildman–Crippen MR) is 93.4 cm³/mol. The SMILES string of the molecule is O=C(CC1C=CCC1)Nc1cccc(S(=O)(=O)NC2=NCCC2)c1. The number of anilines is 1. The highest BCUT2D eigenvalue weighted by atomic mass is 32.2. The third kappa shape index (κ3) is 4.23. The summed E-state index contributed by atoms with van der Waals surface area (Å²) in [7, 11) is -3.67. The van der Waals surface area contributed by atoms with Gasteiger partial charge in [-0.1, -0.05) is 18.2 Å². The van der Waals surface area contributed by atoms with Crippen molar-refractivity contribution < 1.29 is 13.2 Å². The Hall–Kier alpha value is -2.15. The molecule has 0 saturated carbocycles. The molecule has 0 saturated heterocycles. The number of amides is 1. The molecule has 2 aliphatic rings. The lowest BCUT2D eigenvalue weighted by atomic mass is 10.1. The van der Waals surface area contributed by atoms with Crippen LogP contribution >= 0.6 is 0 Å². The van der Waals surface area contributed by atoms with Crippen molar-refractivity contribution in [2.45, 2.75) is 37.0 Å². The van der Waals surface area contributed by atoms with E-state index in [0.717, 1.165) is 19.3 Å². The van der Waals surface area contributed by atoms with Gasteiger partial charge in [0, 0.05) is 25.1 Å². The Morgan fingerprint density at radius 3 is 2.92 bits per heavy atom. The van der Waals surface area contributed by atoms with E-state index in [4.69, 9.17) is 0 Å². The summed E-state index contributed by atoms with van der Waals surface area (Å²) in [4.78, 5) is 16.3. The average molecular weight is 347 g/mol. The maximum absolute atomic E-state index is 12.4. The molecule has 1 unspecified atom stereocenters. The van der Waals surface area contributed by atoms with E-state index in [1.54, 1.807) is 12.1 Å². The maximum Gasteiger partial charge on any atom is 0.262 e. The lowest BCUT2D eigenvalue weighted by molar-refractivity contribution is -0.116. The van der Waals surface area contributed by atoms with Crippen LogP contribution in [-0.2, 0) is 14.8 Å². The Balaban J connectivity index is 1.66. The summed E-state index contributed by atoms with van der Waals surface area (Å²) in [6.07, 6.45) is 8.08. The van der Waals surface area contributed by atoms with E-state index in [1.165, 1.54) is 12.1 Å². The highest BCUT2D eigenvalue weighted by molar-refractivity contribution is 7.90. The second-order valence-electron chi connectivity index (χ2n) is 6.08. The number of carbonyl (C=O) groups excluding carboxylic acids is 1. The quantitative estimate of drug-likeness (QED) is 0.802. The van der Waals surface area contributed by atoms with Gasteiger partial charge < -0.3 is 5.32 Å². The van der Waals surface area contributed by atoms with Crippen molar-refractivity contribution in [2.75, 3.05) is 11.9 Å². The molecule has 24 heavy (non-hydrogen) atoms. The van der Waals surface area contributed by atoms with Gasteiger partial charge in [-0.3, -0.25) is 14.5 Å². The fraction of sp³-hybridized carbons (Fsp3) is 0.412. The van der Waals surface area contributed by atoms with E-state index in [-0.39, 0.29) is 16.7 Å². The lowest BCUT2D eigenvalue weighted by Gasteiger charge is -2.11. The number of carbonyl (C=O) groups is 1. The highest BCUT2D eigenvalue weighted by Crippen LogP contribution is 2.22. The fourth-order valence-corrected chi connectivity index (χ4v) is 4.03. The molecule has 7 heteroatoms. The van der Waals surface area contributed by atoms with E-state index in [9.17, 15) is 13.2 Å². The first-order valence-electron chi connectivity index (χ1n) is 8.16. The first-order chi connectivity index (χ1) is 11.5. The molecule has 1 aromatic rings. The minimum absolute atomic E-state index is 0.103. The van der Waals surface area contributed by atoms with Gasteiger partial charge in [0.05, 0.1) is 4.90 Å². The van der Waals surface area contributed by atoms with Crippen molar-refractivity contribution in [1.29, 1.82) is 0 Å². The molecule has 1 aliphatic heterocycles. The number of aliphatic imine (C=N–C) groups is 1. The second-order valence-corrected chi connectivity index (χ2v) is 7.77. The van der Waals surface area contributed by atoms with Gasteiger partial charge in [-0.25, -0.2) is 8.42 Å². The van der Waals surface area contributed by atoms with Crippen molar-refractivity contribution in [1.82, 2.24) is 4.72 Å². The molecule has 1 heterocycles. The van der Waals surface area contributed by atoms with Gasteiger partial charge in [-0.05, 0) is 43.4 Å². The molecule has 1 aliphatic carbocycles. The van der Waals surface area contributed by atoms with E-state index < -0.39 is 10.0 Å². The first kappa shape index (κ1) is 16.7. The number of hydrogen-bond donors (Lipinski definition) is 2. The minimum atomic E-state index is -3.67. The smallest absolute Gasteiger partial charge is 0.262 e. The zero-order valence-electron chi connectivity index (χ0n) is 13.4. The largest absolute Gasteiger partial charge is 0.326 e. The molecule has 0 spiro atoms. The summed E-state index contributed by atoms with van der Waals surface area (Å²) in [6.45, 7) is 0.656. The van der Waals surface area contributed by atoms with Crippen LogP contribution < -0.4 is 10.0 Å². The molecule has 1 aromatic carbocycles. The van der Waals surface area contributed by atoms with Gasteiger partial charge in [0.1, 0.15) is 5.84 Å². The Morgan fingerprint density at radius 2 is 2.21 bits per heavy atom. The molecular formula is C17H21N3O3S. The van der Waals surface area contributed by atoms with Crippen molar-refractivity contribution in [3.05, 3.63) is 36.4 Å². The van der Waals surface area contributed by atoms with E-state index >= 15 is 0 Å². The zero-order valence-corrected chi connectivity index (χ0v) is 14.2. The van der Waals surface area contributed by atoms with Crippen LogP contribution in [0.5, 0.6) is 0 Å². The normalized spacial score (nSPS) is 20.0. The molecule has 0 aromatic heterocycles. The predicted octanol–water partition coefficient (Wildman–Crippen LogP) is 2.45. The Morgan fingerprint density at radius 1 is 1.33 bits per heavy atom. The van der Waals surface area contributed by atoms with Gasteiger partial charge in [0.2, 0.25) is 5.91 Å². The van der Waals surface area contributed by atoms with E-state index in [1.807, 2.05) is 0 Å². The third-order valence-electron chi connectivity index (χ3n) is 4.11. The zero-order chi connectivity index (χ0) is 17.0. The van der Waals surface area contributed by atoms with Crippen LogP contribution in [0.4, 0.5) is 5.69 Å². The van der Waals surface area contributed by atoms with Crippen LogP contribution in [0.2, 0.25) is 0 Å². The van der Waals surface area contributed by atoms with Gasteiger partial charge in [0.25, 0.3) is 10.0 Å². The Labute approximate surface area is 142 Å². The number of benzene rings is 1. The summed E-state index contributed by atoms with van der Waals surface area (Å²) in [5.41, 5.74) is 0.484. The number of hydrogen-bond acceptors (Lipinski definition) is 4. The average Bonchev–Trinajstić information content (AvgIpc) is 3.21. The number of nitrogens with zero attached hydrogens (tertiary/aromatic N) is 1. The monoisotopic (exact) mass is 347 g/mol. The van der Waals surface area contributed by atoms with Crippen molar-refractivity contribution in [3.8, 4) is 0 Å². The summed E-state index contributed by atoms with van der Waals surface area (Å²) in [5, 5.41) is 2.78. The van der Waals surface area contributed by atoms with Gasteiger partial charge in [-0.15, -0.1) is 0 Å². The molecule has 2 N–H and O–H groups in total. The maximum atomic E-state index is 12.4. The van der Waals surface area contributed by atoms with Crippen LogP contribution in [0, 0.1) is 5.92 Å². The fourth-order valence-electron chi connectivity index (χ4n) is 2.89. The Kier molecular flexibility index (Phi) is 4.99. The Bertz CT molecular complexity index is 784. The lowest BCUT2D eigenvalue weighted by Crippen LogP contribution is -2.29. The summed E-state index contributed by atoms with van der Waals surface area (Å²) in [6, 6.07) is 6.29. The van der Waals surface area contributed by atoms with Gasteiger partial charge >= 0.3 is 0 Å². The highest BCUT2D eigenvalue weighted by Gasteiger charge is 2.19. The minimum Gasteiger partial charge on any atom is -0.326 e. The molecule has 0 radical (unpaired) electrons. The van der Waals surface area contributed by atoms with Gasteiger partial charge in [0.15, 0.2) is 0 Å². The number of rotatable bonds is 5. The second kappa shape index (κ2) is 7.17. The molecule has 0 fully saturated rings. The molecule has 3 rings (SSSR count). The van der Waals surface area contributed by atoms with E-state index in [0.29, 0.717) is 30.9 Å². The van der Waals surface area contributed by atoms with Crippen molar-refractivity contribution in [3.63, 3.8) is 0 Å². The molecule has 1 atom stereocenters. The molecule has 1 amide bonds. The summed E-state index contributed by atoms with van der Waals surface area (Å²) < 4.78 is 27.3. The first-order valence-corrected chi connectivity index (χ1v) is 9.64. The van der Waals surface area contributed by atoms with Crippen LogP contribution in [0.3, 0.4) is 0 Å². The van der Waals surface area contributed by atoms with E-state index in [2.05, 4.69) is 27.2 Å². The number of allylic oxidation sites excluding steroid dienone is 2. The third-order valence-corrected chi connectivity index (χ3v) is 5.49. The summed E-state index contributed by atoms with van der Waals surface area (Å²) >= 11 is 0. The summed E-state index contributed by atoms with van der Waals surface area (Å²) in [5.74, 6) is 0.672. The molecule has 6 nitrogen and oxygen atoms in total.